The van der Waals surface area contributed by atoms with E-state index in [0.717, 1.165) is 41.1 Å². The third-order valence-corrected chi connectivity index (χ3v) is 8.77. The van der Waals surface area contributed by atoms with Crippen LogP contribution in [-0.2, 0) is 20.7 Å². The lowest BCUT2D eigenvalue weighted by atomic mass is 10.0. The van der Waals surface area contributed by atoms with Crippen molar-refractivity contribution < 1.29 is 19.1 Å². The number of rotatable bonds is 10. The molecular formula is C30H32Cl2N2O4S. The Kier molecular flexibility index (Phi) is 10.2. The molecule has 3 atom stereocenters. The highest BCUT2D eigenvalue weighted by Gasteiger charge is 2.41. The van der Waals surface area contributed by atoms with Gasteiger partial charge in [-0.05, 0) is 67.8 Å². The summed E-state index contributed by atoms with van der Waals surface area (Å²) < 4.78 is 11.0. The van der Waals surface area contributed by atoms with Crippen molar-refractivity contribution in [2.75, 3.05) is 25.1 Å². The molecule has 0 radical (unpaired) electrons. The Morgan fingerprint density at radius 2 is 1.82 bits per heavy atom. The van der Waals surface area contributed by atoms with Crippen LogP contribution in [0.4, 0.5) is 5.69 Å². The van der Waals surface area contributed by atoms with E-state index in [1.54, 1.807) is 18.1 Å². The van der Waals surface area contributed by atoms with E-state index >= 15 is 0 Å². The van der Waals surface area contributed by atoms with Gasteiger partial charge in [-0.15, -0.1) is 11.8 Å². The molecule has 0 bridgehead atoms. The Labute approximate surface area is 244 Å². The number of para-hydroxylation sites is 1. The topological polar surface area (TPSA) is 67.9 Å². The van der Waals surface area contributed by atoms with Crippen LogP contribution in [0.2, 0.25) is 10.0 Å². The van der Waals surface area contributed by atoms with Gasteiger partial charge in [0, 0.05) is 24.4 Å². The SMILES string of the molecule is COc1ccc([C@@H]2Sc3ccccc3N(CC(C)NCCCc3cccc(Cl)c3Cl)C(=O)C2OC(C)=O)cc1. The third-order valence-electron chi connectivity index (χ3n) is 6.54. The molecule has 0 spiro atoms. The molecule has 3 aromatic rings. The third kappa shape index (κ3) is 7.28. The smallest absolute Gasteiger partial charge is 0.303 e. The second kappa shape index (κ2) is 13.6. The summed E-state index contributed by atoms with van der Waals surface area (Å²) in [6, 6.07) is 21.0. The molecule has 0 saturated heterocycles. The molecule has 0 fully saturated rings. The predicted octanol–water partition coefficient (Wildman–Crippen LogP) is 6.72. The Balaban J connectivity index is 1.51. The summed E-state index contributed by atoms with van der Waals surface area (Å²) in [6.07, 6.45) is 0.671. The minimum absolute atomic E-state index is 0.0163. The zero-order valence-electron chi connectivity index (χ0n) is 22.2. The second-order valence-corrected chi connectivity index (χ2v) is 11.4. The molecule has 6 nitrogen and oxygen atoms in total. The molecule has 206 valence electrons. The van der Waals surface area contributed by atoms with E-state index in [1.807, 2.05) is 67.6 Å². The van der Waals surface area contributed by atoms with Gasteiger partial charge in [-0.2, -0.15) is 0 Å². The maximum Gasteiger partial charge on any atom is 0.303 e. The molecule has 1 N–H and O–H groups in total. The molecule has 1 amide bonds. The first-order valence-electron chi connectivity index (χ1n) is 12.8. The number of fused-ring (bicyclic) bond motifs is 1. The second-order valence-electron chi connectivity index (χ2n) is 9.43. The molecule has 1 aliphatic rings. The van der Waals surface area contributed by atoms with Crippen LogP contribution in [-0.4, -0.2) is 44.2 Å². The molecule has 39 heavy (non-hydrogen) atoms. The number of aryl methyl sites for hydroxylation is 1. The van der Waals surface area contributed by atoms with Crippen molar-refractivity contribution >= 4 is 52.5 Å². The van der Waals surface area contributed by atoms with Crippen LogP contribution in [0.15, 0.2) is 71.6 Å². The maximum absolute atomic E-state index is 14.0. The number of carbonyl (C=O) groups is 2. The summed E-state index contributed by atoms with van der Waals surface area (Å²) >= 11 is 14.0. The van der Waals surface area contributed by atoms with E-state index in [2.05, 4.69) is 5.32 Å². The monoisotopic (exact) mass is 586 g/mol. The molecule has 4 rings (SSSR count). The molecule has 1 heterocycles. The Hall–Kier alpha value is -2.71. The molecule has 9 heteroatoms. The minimum Gasteiger partial charge on any atom is -0.497 e. The van der Waals surface area contributed by atoms with Gasteiger partial charge in [-0.1, -0.05) is 59.6 Å². The zero-order valence-corrected chi connectivity index (χ0v) is 24.5. The van der Waals surface area contributed by atoms with Crippen molar-refractivity contribution in [2.24, 2.45) is 0 Å². The van der Waals surface area contributed by atoms with E-state index in [9.17, 15) is 9.59 Å². The van der Waals surface area contributed by atoms with Crippen molar-refractivity contribution in [3.63, 3.8) is 0 Å². The summed E-state index contributed by atoms with van der Waals surface area (Å²) in [6.45, 7) is 4.54. The molecule has 0 aliphatic carbocycles. The average molecular weight is 588 g/mol. The maximum atomic E-state index is 14.0. The number of carbonyl (C=O) groups excluding carboxylic acids is 2. The van der Waals surface area contributed by atoms with E-state index < -0.39 is 17.3 Å². The molecule has 0 saturated carbocycles. The number of hydrogen-bond donors (Lipinski definition) is 1. The summed E-state index contributed by atoms with van der Waals surface area (Å²) in [5.41, 5.74) is 2.70. The number of ether oxygens (including phenoxy) is 2. The van der Waals surface area contributed by atoms with Gasteiger partial charge in [0.1, 0.15) is 5.75 Å². The highest BCUT2D eigenvalue weighted by atomic mass is 35.5. The fraction of sp³-hybridized carbons (Fsp3) is 0.333. The number of methoxy groups -OCH3 is 1. The van der Waals surface area contributed by atoms with E-state index in [1.165, 1.54) is 18.7 Å². The van der Waals surface area contributed by atoms with E-state index in [0.29, 0.717) is 22.3 Å². The molecular weight excluding hydrogens is 555 g/mol. The number of nitrogens with one attached hydrogen (secondary N) is 1. The van der Waals surface area contributed by atoms with Gasteiger partial charge in [0.25, 0.3) is 5.91 Å². The molecule has 1 aliphatic heterocycles. The summed E-state index contributed by atoms with van der Waals surface area (Å²) in [5, 5.41) is 4.26. The fourth-order valence-corrected chi connectivity index (χ4v) is 6.34. The molecule has 2 unspecified atom stereocenters. The van der Waals surface area contributed by atoms with Crippen molar-refractivity contribution in [3.05, 3.63) is 87.9 Å². The van der Waals surface area contributed by atoms with Gasteiger partial charge in [0.15, 0.2) is 6.10 Å². The van der Waals surface area contributed by atoms with Gasteiger partial charge >= 0.3 is 5.97 Å². The van der Waals surface area contributed by atoms with E-state index in [4.69, 9.17) is 32.7 Å². The number of nitrogens with zero attached hydrogens (tertiary/aromatic N) is 1. The van der Waals surface area contributed by atoms with Gasteiger partial charge in [0.05, 0.1) is 28.1 Å². The van der Waals surface area contributed by atoms with Crippen molar-refractivity contribution in [1.82, 2.24) is 5.32 Å². The Bertz CT molecular complexity index is 1300. The van der Waals surface area contributed by atoms with E-state index in [-0.39, 0.29) is 11.9 Å². The first kappa shape index (κ1) is 29.3. The first-order valence-corrected chi connectivity index (χ1v) is 14.5. The van der Waals surface area contributed by atoms with Crippen LogP contribution in [0, 0.1) is 0 Å². The Morgan fingerprint density at radius 3 is 2.54 bits per heavy atom. The lowest BCUT2D eigenvalue weighted by Crippen LogP contribution is -2.48. The highest BCUT2D eigenvalue weighted by molar-refractivity contribution is 7.99. The quantitative estimate of drug-likeness (QED) is 0.210. The number of benzene rings is 3. The number of amides is 1. The van der Waals surface area contributed by atoms with Gasteiger partial charge in [-0.25, -0.2) is 0 Å². The first-order chi connectivity index (χ1) is 18.8. The standard InChI is InChI=1S/C30H32Cl2N2O4S/c1-19(33-17-7-9-21-8-6-10-24(31)27(21)32)18-34-25-11-4-5-12-26(25)39-29(28(30(34)36)38-20(2)35)22-13-15-23(37-3)16-14-22/h4-6,8,10-16,19,28-29,33H,7,9,17-18H2,1-3H3/t19?,28?,29-/m0/s1. The number of halogens is 2. The van der Waals surface area contributed by atoms with Crippen molar-refractivity contribution in [1.29, 1.82) is 0 Å². The number of hydrogen-bond acceptors (Lipinski definition) is 6. The van der Waals surface area contributed by atoms with Gasteiger partial charge in [0.2, 0.25) is 0 Å². The largest absolute Gasteiger partial charge is 0.497 e. The predicted molar refractivity (Wildman–Crippen MR) is 158 cm³/mol. The summed E-state index contributed by atoms with van der Waals surface area (Å²) in [7, 11) is 1.61. The van der Waals surface area contributed by atoms with Crippen LogP contribution in [0.1, 0.15) is 36.6 Å². The highest BCUT2D eigenvalue weighted by Crippen LogP contribution is 2.47. The molecule has 3 aromatic carbocycles. The van der Waals surface area contributed by atoms with Gasteiger partial charge < -0.3 is 19.7 Å². The fourth-order valence-electron chi connectivity index (χ4n) is 4.60. The van der Waals surface area contributed by atoms with Crippen LogP contribution < -0.4 is 15.0 Å². The minimum atomic E-state index is -0.981. The van der Waals surface area contributed by atoms with Crippen LogP contribution >= 0.6 is 35.0 Å². The lowest BCUT2D eigenvalue weighted by molar-refractivity contribution is -0.152. The van der Waals surface area contributed by atoms with Crippen LogP contribution in [0.5, 0.6) is 5.75 Å². The van der Waals surface area contributed by atoms with Crippen LogP contribution in [0.25, 0.3) is 0 Å². The normalized spacial score (nSPS) is 17.8. The zero-order chi connectivity index (χ0) is 27.9. The van der Waals surface area contributed by atoms with Gasteiger partial charge in [-0.3, -0.25) is 9.59 Å². The van der Waals surface area contributed by atoms with Crippen molar-refractivity contribution in [2.45, 2.75) is 49.0 Å². The van der Waals surface area contributed by atoms with Crippen molar-refractivity contribution in [3.8, 4) is 5.75 Å². The average Bonchev–Trinajstić information content (AvgIpc) is 3.04. The molecule has 0 aromatic heterocycles. The lowest BCUT2D eigenvalue weighted by Gasteiger charge is -2.29. The van der Waals surface area contributed by atoms with Crippen LogP contribution in [0.3, 0.4) is 0 Å². The number of esters is 1. The Morgan fingerprint density at radius 1 is 1.08 bits per heavy atom. The number of thioether (sulfide) groups is 1. The summed E-state index contributed by atoms with van der Waals surface area (Å²) in [5.74, 6) is -0.0284. The number of anilines is 1. The summed E-state index contributed by atoms with van der Waals surface area (Å²) in [4.78, 5) is 28.8.